The number of carbonyl (C=O) groups is 1. The van der Waals surface area contributed by atoms with Gasteiger partial charge in [-0.25, -0.2) is 13.2 Å². The second-order valence-corrected chi connectivity index (χ2v) is 7.42. The first-order valence-electron chi connectivity index (χ1n) is 5.93. The normalized spacial score (nSPS) is 17.8. The standard InChI is InChI=1S/C12H14N2O4S2/c1-2-3-13-4-6-14(7-5-13)20(17,18)11-8-10(9-19-11)12(15)16/h1,8-9H,3-7H2,(H,15,16). The second kappa shape index (κ2) is 5.93. The van der Waals surface area contributed by atoms with Gasteiger partial charge in [0.1, 0.15) is 4.21 Å². The van der Waals surface area contributed by atoms with E-state index >= 15 is 0 Å². The minimum Gasteiger partial charge on any atom is -0.478 e. The molecule has 1 saturated heterocycles. The second-order valence-electron chi connectivity index (χ2n) is 4.34. The minimum absolute atomic E-state index is 0.000423. The van der Waals surface area contributed by atoms with Gasteiger partial charge in [-0.3, -0.25) is 4.90 Å². The molecule has 1 fully saturated rings. The van der Waals surface area contributed by atoms with Crippen molar-refractivity contribution in [2.24, 2.45) is 0 Å². The highest BCUT2D eigenvalue weighted by Crippen LogP contribution is 2.24. The first-order valence-corrected chi connectivity index (χ1v) is 8.25. The molecule has 2 rings (SSSR count). The monoisotopic (exact) mass is 314 g/mol. The molecular weight excluding hydrogens is 300 g/mol. The van der Waals surface area contributed by atoms with Gasteiger partial charge in [-0.15, -0.1) is 17.8 Å². The van der Waals surface area contributed by atoms with Crippen LogP contribution in [0, 0.1) is 12.3 Å². The summed E-state index contributed by atoms with van der Waals surface area (Å²) in [5.74, 6) is 1.41. The Morgan fingerprint density at radius 1 is 1.40 bits per heavy atom. The summed E-state index contributed by atoms with van der Waals surface area (Å²) in [5, 5.41) is 10.2. The molecule has 0 atom stereocenters. The molecule has 8 heteroatoms. The van der Waals surface area contributed by atoms with Crippen LogP contribution in [-0.4, -0.2) is 61.4 Å². The average Bonchev–Trinajstić information content (AvgIpc) is 2.90. The van der Waals surface area contributed by atoms with E-state index in [0.29, 0.717) is 32.7 Å². The Labute approximate surface area is 121 Å². The highest BCUT2D eigenvalue weighted by molar-refractivity contribution is 7.91. The van der Waals surface area contributed by atoms with Gasteiger partial charge < -0.3 is 5.11 Å². The molecule has 6 nitrogen and oxygen atoms in total. The molecule has 1 N–H and O–H groups in total. The molecule has 0 saturated carbocycles. The molecule has 1 aliphatic heterocycles. The molecule has 1 aromatic rings. The van der Waals surface area contributed by atoms with Crippen LogP contribution in [-0.2, 0) is 10.0 Å². The number of thiophene rings is 1. The van der Waals surface area contributed by atoms with Crippen molar-refractivity contribution in [1.82, 2.24) is 9.21 Å². The SMILES string of the molecule is C#CCN1CCN(S(=O)(=O)c2cc(C(=O)O)cs2)CC1. The van der Waals surface area contributed by atoms with Crippen molar-refractivity contribution in [1.29, 1.82) is 0 Å². The third-order valence-electron chi connectivity index (χ3n) is 3.06. The van der Waals surface area contributed by atoms with Crippen LogP contribution in [0.5, 0.6) is 0 Å². The molecule has 0 radical (unpaired) electrons. The number of rotatable bonds is 4. The number of hydrogen-bond donors (Lipinski definition) is 1. The maximum Gasteiger partial charge on any atom is 0.336 e. The van der Waals surface area contributed by atoms with E-state index < -0.39 is 16.0 Å². The van der Waals surface area contributed by atoms with E-state index in [4.69, 9.17) is 11.5 Å². The van der Waals surface area contributed by atoms with E-state index in [1.54, 1.807) is 0 Å². The lowest BCUT2D eigenvalue weighted by Crippen LogP contribution is -2.48. The van der Waals surface area contributed by atoms with Gasteiger partial charge in [0, 0.05) is 31.6 Å². The fraction of sp³-hybridized carbons (Fsp3) is 0.417. The fourth-order valence-corrected chi connectivity index (χ4v) is 4.68. The van der Waals surface area contributed by atoms with E-state index in [0.717, 1.165) is 11.3 Å². The van der Waals surface area contributed by atoms with Crippen LogP contribution in [0.2, 0.25) is 0 Å². The number of hydrogen-bond acceptors (Lipinski definition) is 5. The van der Waals surface area contributed by atoms with Crippen LogP contribution < -0.4 is 0 Å². The zero-order valence-corrected chi connectivity index (χ0v) is 12.3. The van der Waals surface area contributed by atoms with Crippen LogP contribution in [0.3, 0.4) is 0 Å². The summed E-state index contributed by atoms with van der Waals surface area (Å²) in [6.07, 6.45) is 5.22. The predicted molar refractivity (Wildman–Crippen MR) is 75.3 cm³/mol. The lowest BCUT2D eigenvalue weighted by Gasteiger charge is -2.32. The number of carboxylic acids is 1. The molecule has 1 aromatic heterocycles. The Hall–Kier alpha value is -1.40. The Morgan fingerprint density at radius 3 is 2.55 bits per heavy atom. The van der Waals surface area contributed by atoms with Crippen LogP contribution in [0.25, 0.3) is 0 Å². The third kappa shape index (κ3) is 3.02. The van der Waals surface area contributed by atoms with Crippen LogP contribution >= 0.6 is 11.3 Å². The summed E-state index contributed by atoms with van der Waals surface area (Å²) in [5.41, 5.74) is -0.000423. The molecule has 0 spiro atoms. The topological polar surface area (TPSA) is 77.9 Å². The Kier molecular flexibility index (Phi) is 4.45. The maximum atomic E-state index is 12.4. The molecule has 0 bridgehead atoms. The van der Waals surface area contributed by atoms with Gasteiger partial charge in [0.05, 0.1) is 12.1 Å². The Balaban J connectivity index is 2.11. The number of carboxylic acid groups (broad SMARTS) is 1. The smallest absolute Gasteiger partial charge is 0.336 e. The first-order chi connectivity index (χ1) is 9.45. The summed E-state index contributed by atoms with van der Waals surface area (Å²) in [4.78, 5) is 12.8. The summed E-state index contributed by atoms with van der Waals surface area (Å²) in [7, 11) is -3.60. The van der Waals surface area contributed by atoms with Crippen LogP contribution in [0.15, 0.2) is 15.7 Å². The fourth-order valence-electron chi connectivity index (χ4n) is 1.95. The van der Waals surface area contributed by atoms with Gasteiger partial charge in [0.25, 0.3) is 10.0 Å². The number of terminal acetylenes is 1. The van der Waals surface area contributed by atoms with Crippen molar-refractivity contribution in [2.75, 3.05) is 32.7 Å². The van der Waals surface area contributed by atoms with Crippen molar-refractivity contribution in [3.63, 3.8) is 0 Å². The molecule has 0 aliphatic carbocycles. The zero-order chi connectivity index (χ0) is 14.8. The summed E-state index contributed by atoms with van der Waals surface area (Å²) < 4.78 is 26.2. The minimum atomic E-state index is -3.60. The quantitative estimate of drug-likeness (QED) is 0.813. The molecule has 2 heterocycles. The molecule has 1 aliphatic rings. The lowest BCUT2D eigenvalue weighted by molar-refractivity contribution is 0.0697. The van der Waals surface area contributed by atoms with Gasteiger partial charge in [0.2, 0.25) is 0 Å². The third-order valence-corrected chi connectivity index (χ3v) is 6.38. The van der Waals surface area contributed by atoms with Crippen molar-refractivity contribution < 1.29 is 18.3 Å². The predicted octanol–water partition coefficient (Wildman–Crippen LogP) is 0.386. The van der Waals surface area contributed by atoms with E-state index in [9.17, 15) is 13.2 Å². The average molecular weight is 314 g/mol. The van der Waals surface area contributed by atoms with Gasteiger partial charge in [-0.1, -0.05) is 5.92 Å². The molecular formula is C12H14N2O4S2. The largest absolute Gasteiger partial charge is 0.478 e. The van der Waals surface area contributed by atoms with E-state index in [-0.39, 0.29) is 9.77 Å². The number of nitrogens with zero attached hydrogens (tertiary/aromatic N) is 2. The van der Waals surface area contributed by atoms with E-state index in [1.807, 2.05) is 4.90 Å². The summed E-state index contributed by atoms with van der Waals surface area (Å²) in [6, 6.07) is 1.20. The highest BCUT2D eigenvalue weighted by atomic mass is 32.2. The van der Waals surface area contributed by atoms with Crippen molar-refractivity contribution in [3.8, 4) is 12.3 Å². The molecule has 0 unspecified atom stereocenters. The molecule has 108 valence electrons. The first kappa shape index (κ1) is 15.0. The van der Waals surface area contributed by atoms with Crippen molar-refractivity contribution >= 4 is 27.3 Å². The summed E-state index contributed by atoms with van der Waals surface area (Å²) in [6.45, 7) is 2.41. The van der Waals surface area contributed by atoms with Crippen LogP contribution in [0.4, 0.5) is 0 Å². The van der Waals surface area contributed by atoms with Gasteiger partial charge >= 0.3 is 5.97 Å². The Bertz CT molecular complexity index is 637. The molecule has 0 amide bonds. The summed E-state index contributed by atoms with van der Waals surface area (Å²) >= 11 is 0.933. The number of piperazine rings is 1. The van der Waals surface area contributed by atoms with Crippen molar-refractivity contribution in [3.05, 3.63) is 17.0 Å². The number of sulfonamides is 1. The molecule has 0 aromatic carbocycles. The van der Waals surface area contributed by atoms with Gasteiger partial charge in [-0.2, -0.15) is 4.31 Å². The zero-order valence-electron chi connectivity index (χ0n) is 10.7. The molecule has 20 heavy (non-hydrogen) atoms. The van der Waals surface area contributed by atoms with E-state index in [2.05, 4.69) is 5.92 Å². The van der Waals surface area contributed by atoms with E-state index in [1.165, 1.54) is 15.8 Å². The van der Waals surface area contributed by atoms with Crippen LogP contribution in [0.1, 0.15) is 10.4 Å². The maximum absolute atomic E-state index is 12.4. The number of aromatic carboxylic acids is 1. The Morgan fingerprint density at radius 2 is 2.05 bits per heavy atom. The lowest BCUT2D eigenvalue weighted by atomic mass is 10.3. The van der Waals surface area contributed by atoms with Gasteiger partial charge in [0.15, 0.2) is 0 Å². The highest BCUT2D eigenvalue weighted by Gasteiger charge is 2.29. The van der Waals surface area contributed by atoms with Gasteiger partial charge in [-0.05, 0) is 6.07 Å². The van der Waals surface area contributed by atoms with Crippen molar-refractivity contribution in [2.45, 2.75) is 4.21 Å².